The molecule has 0 heterocycles. The largest absolute Gasteiger partial charge is 0.462 e. The van der Waals surface area contributed by atoms with E-state index in [9.17, 15) is 14.7 Å². The van der Waals surface area contributed by atoms with Gasteiger partial charge in [0.15, 0.2) is 6.10 Å². The first-order chi connectivity index (χ1) is 38.1. The first kappa shape index (κ1) is 75.9. The van der Waals surface area contributed by atoms with Gasteiger partial charge in [0.25, 0.3) is 0 Å². The number of hydrogen-bond acceptors (Lipinski definition) is 5. The zero-order valence-electron chi connectivity index (χ0n) is 53.0. The van der Waals surface area contributed by atoms with Crippen molar-refractivity contribution in [3.8, 4) is 0 Å². The van der Waals surface area contributed by atoms with Gasteiger partial charge in [-0.05, 0) is 12.8 Å². The minimum Gasteiger partial charge on any atom is -0.462 e. The lowest BCUT2D eigenvalue weighted by Crippen LogP contribution is -2.28. The van der Waals surface area contributed by atoms with Crippen LogP contribution in [-0.2, 0) is 19.1 Å². The highest BCUT2D eigenvalue weighted by atomic mass is 16.6. The summed E-state index contributed by atoms with van der Waals surface area (Å²) in [5, 5.41) is 9.70. The van der Waals surface area contributed by atoms with E-state index in [1.165, 1.54) is 372 Å². The fourth-order valence-electron chi connectivity index (χ4n) is 11.7. The van der Waals surface area contributed by atoms with Gasteiger partial charge >= 0.3 is 11.9 Å². The van der Waals surface area contributed by atoms with Crippen LogP contribution in [0.4, 0.5) is 0 Å². The molecule has 0 aliphatic heterocycles. The average molecular weight is 1090 g/mol. The molecule has 0 saturated carbocycles. The van der Waals surface area contributed by atoms with Crippen molar-refractivity contribution in [2.45, 2.75) is 437 Å². The minimum absolute atomic E-state index is 0.0553. The normalized spacial score (nSPS) is 12.0. The number of carbonyl (C=O) groups is 2. The monoisotopic (exact) mass is 1090 g/mol. The molecule has 1 N–H and O–H groups in total. The molecule has 0 amide bonds. The summed E-state index contributed by atoms with van der Waals surface area (Å²) in [7, 11) is 0. The summed E-state index contributed by atoms with van der Waals surface area (Å²) < 4.78 is 10.8. The van der Waals surface area contributed by atoms with Crippen LogP contribution in [0.3, 0.4) is 0 Å². The summed E-state index contributed by atoms with van der Waals surface area (Å²) in [6, 6.07) is 0. The van der Waals surface area contributed by atoms with E-state index in [4.69, 9.17) is 9.47 Å². The van der Waals surface area contributed by atoms with Crippen LogP contribution in [0.15, 0.2) is 0 Å². The molecule has 77 heavy (non-hydrogen) atoms. The molecule has 460 valence electrons. The highest BCUT2D eigenvalue weighted by Gasteiger charge is 2.16. The zero-order chi connectivity index (χ0) is 55.5. The molecule has 0 saturated heterocycles. The highest BCUT2D eigenvalue weighted by Crippen LogP contribution is 2.20. The van der Waals surface area contributed by atoms with Crippen molar-refractivity contribution in [3.63, 3.8) is 0 Å². The van der Waals surface area contributed by atoms with Gasteiger partial charge in [0.05, 0.1) is 6.61 Å². The highest BCUT2D eigenvalue weighted by molar-refractivity contribution is 5.70. The molecule has 1 atom stereocenters. The van der Waals surface area contributed by atoms with Crippen LogP contribution in [0.2, 0.25) is 0 Å². The van der Waals surface area contributed by atoms with Crippen LogP contribution in [-0.4, -0.2) is 36.4 Å². The molecule has 0 aromatic rings. The van der Waals surface area contributed by atoms with Gasteiger partial charge in [-0.25, -0.2) is 0 Å². The lowest BCUT2D eigenvalue weighted by atomic mass is 10.0. The lowest BCUT2D eigenvalue weighted by Gasteiger charge is -2.15. The van der Waals surface area contributed by atoms with Gasteiger partial charge in [0.1, 0.15) is 6.61 Å². The first-order valence-electron chi connectivity index (χ1n) is 36.1. The first-order valence-corrected chi connectivity index (χ1v) is 36.1. The van der Waals surface area contributed by atoms with E-state index in [0.29, 0.717) is 12.8 Å². The van der Waals surface area contributed by atoms with Crippen LogP contribution >= 0.6 is 0 Å². The van der Waals surface area contributed by atoms with Gasteiger partial charge in [0.2, 0.25) is 0 Å². The van der Waals surface area contributed by atoms with E-state index < -0.39 is 6.10 Å². The standard InChI is InChI=1S/C72H142O5/c1-3-5-7-9-11-13-15-17-19-21-23-25-27-29-31-32-33-34-35-36-37-38-39-41-43-45-47-49-51-53-55-57-59-61-63-65-67-72(75)77-70(68-73)69-76-71(74)66-64-62-60-58-56-54-52-50-48-46-44-42-40-30-28-26-24-22-20-18-16-14-12-10-8-6-4-2/h70,73H,3-69H2,1-2H3. The van der Waals surface area contributed by atoms with Crippen molar-refractivity contribution in [1.29, 1.82) is 0 Å². The molecular formula is C72H142O5. The number of unbranched alkanes of at least 4 members (excludes halogenated alkanes) is 61. The molecule has 0 spiro atoms. The quantitative estimate of drug-likeness (QED) is 0.0485. The van der Waals surface area contributed by atoms with Crippen molar-refractivity contribution in [2.75, 3.05) is 13.2 Å². The Bertz CT molecular complexity index is 1090. The third-order valence-corrected chi connectivity index (χ3v) is 17.2. The van der Waals surface area contributed by atoms with Gasteiger partial charge in [-0.15, -0.1) is 0 Å². The number of aliphatic hydroxyl groups is 1. The molecule has 0 aromatic heterocycles. The fraction of sp³-hybridized carbons (Fsp3) is 0.972. The van der Waals surface area contributed by atoms with Gasteiger partial charge in [-0.3, -0.25) is 9.59 Å². The number of ether oxygens (including phenoxy) is 2. The van der Waals surface area contributed by atoms with Crippen LogP contribution in [0.25, 0.3) is 0 Å². The third kappa shape index (κ3) is 67.3. The summed E-state index contributed by atoms with van der Waals surface area (Å²) >= 11 is 0. The summed E-state index contributed by atoms with van der Waals surface area (Å²) in [4.78, 5) is 24.6. The Kier molecular flexibility index (Phi) is 68.2. The van der Waals surface area contributed by atoms with E-state index in [1.807, 2.05) is 0 Å². The summed E-state index contributed by atoms with van der Waals surface area (Å²) in [6.07, 6.45) is 87.4. The number of hydrogen-bond donors (Lipinski definition) is 1. The Morgan fingerprint density at radius 1 is 0.247 bits per heavy atom. The molecule has 0 radical (unpaired) electrons. The number of aliphatic hydroxyl groups excluding tert-OH is 1. The average Bonchev–Trinajstić information content (AvgIpc) is 3.43. The SMILES string of the molecule is CCCCCCCCCCCCCCCCCCCCCCCCCCCCCCCCCCCCCCC(=O)OC(CO)COC(=O)CCCCCCCCCCCCCCCCCCCCCCCCCCCCC. The van der Waals surface area contributed by atoms with Crippen molar-refractivity contribution in [2.24, 2.45) is 0 Å². The van der Waals surface area contributed by atoms with E-state index in [-0.39, 0.29) is 25.2 Å². The van der Waals surface area contributed by atoms with Crippen LogP contribution in [0.1, 0.15) is 431 Å². The Labute approximate surface area is 484 Å². The number of carbonyl (C=O) groups excluding carboxylic acids is 2. The van der Waals surface area contributed by atoms with Gasteiger partial charge < -0.3 is 14.6 Å². The number of esters is 2. The molecule has 5 heteroatoms. The maximum Gasteiger partial charge on any atom is 0.306 e. The molecule has 0 aliphatic carbocycles. The second kappa shape index (κ2) is 69.2. The zero-order valence-corrected chi connectivity index (χ0v) is 53.0. The fourth-order valence-corrected chi connectivity index (χ4v) is 11.7. The lowest BCUT2D eigenvalue weighted by molar-refractivity contribution is -0.161. The summed E-state index contributed by atoms with van der Waals surface area (Å²) in [5.41, 5.74) is 0. The second-order valence-corrected chi connectivity index (χ2v) is 25.0. The van der Waals surface area contributed by atoms with Crippen molar-refractivity contribution in [3.05, 3.63) is 0 Å². The van der Waals surface area contributed by atoms with Crippen LogP contribution < -0.4 is 0 Å². The molecule has 0 rings (SSSR count). The van der Waals surface area contributed by atoms with E-state index in [0.717, 1.165) is 32.1 Å². The minimum atomic E-state index is -0.766. The molecule has 1 unspecified atom stereocenters. The molecular weight excluding hydrogens is 945 g/mol. The Morgan fingerprint density at radius 3 is 0.571 bits per heavy atom. The molecule has 0 bridgehead atoms. The maximum absolute atomic E-state index is 12.4. The van der Waals surface area contributed by atoms with E-state index in [1.54, 1.807) is 0 Å². The molecule has 5 nitrogen and oxygen atoms in total. The van der Waals surface area contributed by atoms with Crippen molar-refractivity contribution in [1.82, 2.24) is 0 Å². The van der Waals surface area contributed by atoms with Crippen molar-refractivity contribution >= 4 is 11.9 Å². The molecule has 0 aliphatic rings. The van der Waals surface area contributed by atoms with Gasteiger partial charge in [-0.1, -0.05) is 406 Å². The summed E-state index contributed by atoms with van der Waals surface area (Å²) in [5.74, 6) is -0.558. The Hall–Kier alpha value is -1.10. The maximum atomic E-state index is 12.4. The predicted octanol–water partition coefficient (Wildman–Crippen LogP) is 24.8. The van der Waals surface area contributed by atoms with Gasteiger partial charge in [-0.2, -0.15) is 0 Å². The Balaban J connectivity index is 3.34. The van der Waals surface area contributed by atoms with E-state index >= 15 is 0 Å². The third-order valence-electron chi connectivity index (χ3n) is 17.2. The topological polar surface area (TPSA) is 72.8 Å². The number of rotatable bonds is 69. The predicted molar refractivity (Wildman–Crippen MR) is 339 cm³/mol. The van der Waals surface area contributed by atoms with Gasteiger partial charge in [0, 0.05) is 12.8 Å². The summed E-state index contributed by atoms with van der Waals surface area (Å²) in [6.45, 7) is 4.23. The smallest absolute Gasteiger partial charge is 0.306 e. The Morgan fingerprint density at radius 2 is 0.403 bits per heavy atom. The molecule has 0 fully saturated rings. The second-order valence-electron chi connectivity index (χ2n) is 25.0. The van der Waals surface area contributed by atoms with Crippen molar-refractivity contribution < 1.29 is 24.2 Å². The van der Waals surface area contributed by atoms with Crippen LogP contribution in [0, 0.1) is 0 Å². The van der Waals surface area contributed by atoms with E-state index in [2.05, 4.69) is 13.8 Å². The molecule has 0 aromatic carbocycles. The van der Waals surface area contributed by atoms with Crippen LogP contribution in [0.5, 0.6) is 0 Å².